The lowest BCUT2D eigenvalue weighted by atomic mass is 10.3. The summed E-state index contributed by atoms with van der Waals surface area (Å²) in [7, 11) is 0. The molecule has 10 heteroatoms. The largest absolute Gasteiger partial charge is 0.348 e. The number of thiazole rings is 1. The Labute approximate surface area is 175 Å². The molecule has 0 aliphatic carbocycles. The van der Waals surface area contributed by atoms with Gasteiger partial charge < -0.3 is 10.2 Å². The average molecular weight is 434 g/mol. The van der Waals surface area contributed by atoms with Crippen molar-refractivity contribution in [2.75, 3.05) is 29.1 Å². The molecule has 2 aromatic heterocycles. The van der Waals surface area contributed by atoms with Gasteiger partial charge in [0.25, 0.3) is 5.56 Å². The Kier molecular flexibility index (Phi) is 5.81. The highest BCUT2D eigenvalue weighted by atomic mass is 32.2. The number of carbonyl (C=O) groups excluding carboxylic acids is 1. The van der Waals surface area contributed by atoms with E-state index in [9.17, 15) is 14.0 Å². The normalized spacial score (nSPS) is 13.9. The fourth-order valence-electron chi connectivity index (χ4n) is 3.17. The highest BCUT2D eigenvalue weighted by Gasteiger charge is 2.20. The van der Waals surface area contributed by atoms with E-state index in [1.807, 2.05) is 6.92 Å². The van der Waals surface area contributed by atoms with Gasteiger partial charge in [0, 0.05) is 25.3 Å². The van der Waals surface area contributed by atoms with Crippen LogP contribution in [0.5, 0.6) is 0 Å². The Balaban J connectivity index is 1.53. The van der Waals surface area contributed by atoms with E-state index in [2.05, 4.69) is 20.2 Å². The molecule has 1 saturated heterocycles. The van der Waals surface area contributed by atoms with Crippen LogP contribution in [0.4, 0.5) is 15.2 Å². The van der Waals surface area contributed by atoms with Crippen molar-refractivity contribution in [3.63, 3.8) is 0 Å². The smallest absolute Gasteiger partial charge is 0.273 e. The SMILES string of the molecule is CCn1c(SCC(=O)Nc2ccc(F)cc2)nc2nc(N3CCCC3)sc2c1=O. The Morgan fingerprint density at radius 1 is 1.24 bits per heavy atom. The first-order chi connectivity index (χ1) is 14.0. The Morgan fingerprint density at radius 2 is 1.97 bits per heavy atom. The van der Waals surface area contributed by atoms with Crippen molar-refractivity contribution in [3.8, 4) is 0 Å². The van der Waals surface area contributed by atoms with Gasteiger partial charge in [0.2, 0.25) is 5.91 Å². The summed E-state index contributed by atoms with van der Waals surface area (Å²) < 4.78 is 15.1. The van der Waals surface area contributed by atoms with Crippen LogP contribution in [0.1, 0.15) is 19.8 Å². The first-order valence-corrected chi connectivity index (χ1v) is 11.2. The Bertz CT molecular complexity index is 1090. The number of halogens is 1. The molecule has 0 spiro atoms. The molecule has 1 aromatic carbocycles. The zero-order chi connectivity index (χ0) is 20.4. The highest BCUT2D eigenvalue weighted by Crippen LogP contribution is 2.29. The standard InChI is InChI=1S/C19H20FN5O2S2/c1-2-25-17(27)15-16(22-18(29-15)24-9-3-4-10-24)23-19(25)28-11-14(26)21-13-7-5-12(20)6-8-13/h5-8H,2-4,9-11H2,1H3,(H,21,26). The number of hydrogen-bond acceptors (Lipinski definition) is 7. The van der Waals surface area contributed by atoms with E-state index in [0.29, 0.717) is 27.7 Å². The second kappa shape index (κ2) is 8.50. The summed E-state index contributed by atoms with van der Waals surface area (Å²) in [6.45, 7) is 4.24. The maximum Gasteiger partial charge on any atom is 0.273 e. The maximum absolute atomic E-state index is 13.0. The first kappa shape index (κ1) is 19.8. The molecule has 0 saturated carbocycles. The number of hydrogen-bond donors (Lipinski definition) is 1. The number of anilines is 2. The molecule has 0 unspecified atom stereocenters. The lowest BCUT2D eigenvalue weighted by Gasteiger charge is -2.11. The van der Waals surface area contributed by atoms with Crippen LogP contribution < -0.4 is 15.8 Å². The first-order valence-electron chi connectivity index (χ1n) is 9.39. The molecule has 1 N–H and O–H groups in total. The molecule has 0 radical (unpaired) electrons. The van der Waals surface area contributed by atoms with Crippen LogP contribution in [0, 0.1) is 5.82 Å². The molecule has 152 valence electrons. The summed E-state index contributed by atoms with van der Waals surface area (Å²) >= 11 is 2.58. The van der Waals surface area contributed by atoms with Gasteiger partial charge in [0.1, 0.15) is 10.5 Å². The van der Waals surface area contributed by atoms with Gasteiger partial charge in [-0.15, -0.1) is 0 Å². The molecule has 1 fully saturated rings. The number of nitrogens with one attached hydrogen (secondary N) is 1. The average Bonchev–Trinajstić information content (AvgIpc) is 3.38. The molecular weight excluding hydrogens is 413 g/mol. The van der Waals surface area contributed by atoms with E-state index in [-0.39, 0.29) is 23.0 Å². The second-order valence-corrected chi connectivity index (χ2v) is 8.55. The van der Waals surface area contributed by atoms with Crippen LogP contribution in [0.3, 0.4) is 0 Å². The van der Waals surface area contributed by atoms with Crippen LogP contribution in [0.15, 0.2) is 34.2 Å². The third kappa shape index (κ3) is 4.27. The molecular formula is C19H20FN5O2S2. The van der Waals surface area contributed by atoms with Crippen LogP contribution in [0.25, 0.3) is 10.3 Å². The Morgan fingerprint density at radius 3 is 2.66 bits per heavy atom. The molecule has 3 aromatic rings. The summed E-state index contributed by atoms with van der Waals surface area (Å²) in [4.78, 5) is 36.4. The van der Waals surface area contributed by atoms with Crippen molar-refractivity contribution in [2.45, 2.75) is 31.5 Å². The van der Waals surface area contributed by atoms with Gasteiger partial charge in [-0.3, -0.25) is 14.2 Å². The van der Waals surface area contributed by atoms with Gasteiger partial charge in [-0.25, -0.2) is 9.37 Å². The van der Waals surface area contributed by atoms with Crippen molar-refractivity contribution in [2.24, 2.45) is 0 Å². The van der Waals surface area contributed by atoms with Gasteiger partial charge in [-0.2, -0.15) is 4.98 Å². The predicted octanol–water partition coefficient (Wildman–Crippen LogP) is 3.34. The van der Waals surface area contributed by atoms with E-state index < -0.39 is 0 Å². The van der Waals surface area contributed by atoms with Crippen molar-refractivity contribution in [3.05, 3.63) is 40.4 Å². The van der Waals surface area contributed by atoms with Crippen molar-refractivity contribution in [1.82, 2.24) is 14.5 Å². The number of aromatic nitrogens is 3. The molecule has 3 heterocycles. The fraction of sp³-hybridized carbons (Fsp3) is 0.368. The number of benzene rings is 1. The van der Waals surface area contributed by atoms with Gasteiger partial charge in [-0.05, 0) is 44.0 Å². The third-order valence-electron chi connectivity index (χ3n) is 4.62. The topological polar surface area (TPSA) is 80.1 Å². The minimum Gasteiger partial charge on any atom is -0.348 e. The van der Waals surface area contributed by atoms with Gasteiger partial charge in [-0.1, -0.05) is 23.1 Å². The third-order valence-corrected chi connectivity index (χ3v) is 6.69. The fourth-order valence-corrected chi connectivity index (χ4v) is 5.03. The monoisotopic (exact) mass is 433 g/mol. The van der Waals surface area contributed by atoms with Crippen LogP contribution in [-0.2, 0) is 11.3 Å². The van der Waals surface area contributed by atoms with Crippen molar-refractivity contribution < 1.29 is 9.18 Å². The summed E-state index contributed by atoms with van der Waals surface area (Å²) in [5, 5.41) is 4.01. The lowest BCUT2D eigenvalue weighted by Crippen LogP contribution is -2.23. The molecule has 0 bridgehead atoms. The minimum atomic E-state index is -0.363. The van der Waals surface area contributed by atoms with Gasteiger partial charge in [0.05, 0.1) is 5.75 Å². The quantitative estimate of drug-likeness (QED) is 0.474. The zero-order valence-corrected chi connectivity index (χ0v) is 17.5. The van der Waals surface area contributed by atoms with Crippen LogP contribution in [0.2, 0.25) is 0 Å². The number of thioether (sulfide) groups is 1. The zero-order valence-electron chi connectivity index (χ0n) is 15.9. The van der Waals surface area contributed by atoms with E-state index in [0.717, 1.165) is 31.1 Å². The van der Waals surface area contributed by atoms with E-state index in [4.69, 9.17) is 0 Å². The number of amides is 1. The maximum atomic E-state index is 13.0. The van der Waals surface area contributed by atoms with E-state index in [1.165, 1.54) is 47.4 Å². The Hall–Kier alpha value is -2.46. The number of nitrogens with zero attached hydrogens (tertiary/aromatic N) is 4. The number of carbonyl (C=O) groups is 1. The molecule has 7 nitrogen and oxygen atoms in total. The van der Waals surface area contributed by atoms with Gasteiger partial charge in [0.15, 0.2) is 15.9 Å². The number of fused-ring (bicyclic) bond motifs is 1. The van der Waals surface area contributed by atoms with Gasteiger partial charge >= 0.3 is 0 Å². The molecule has 1 aliphatic rings. The molecule has 4 rings (SSSR count). The summed E-state index contributed by atoms with van der Waals surface area (Å²) in [6.07, 6.45) is 2.26. The van der Waals surface area contributed by atoms with E-state index in [1.54, 1.807) is 4.57 Å². The van der Waals surface area contributed by atoms with Crippen molar-refractivity contribution in [1.29, 1.82) is 0 Å². The number of rotatable bonds is 6. The minimum absolute atomic E-state index is 0.0818. The molecule has 0 atom stereocenters. The molecule has 1 aliphatic heterocycles. The van der Waals surface area contributed by atoms with E-state index >= 15 is 0 Å². The molecule has 1 amide bonds. The highest BCUT2D eigenvalue weighted by molar-refractivity contribution is 7.99. The van der Waals surface area contributed by atoms with Crippen LogP contribution >= 0.6 is 23.1 Å². The summed E-state index contributed by atoms with van der Waals surface area (Å²) in [5.74, 6) is -0.536. The van der Waals surface area contributed by atoms with Crippen LogP contribution in [-0.4, -0.2) is 39.3 Å². The second-order valence-electron chi connectivity index (χ2n) is 6.63. The predicted molar refractivity (Wildman–Crippen MR) is 115 cm³/mol. The molecule has 29 heavy (non-hydrogen) atoms. The van der Waals surface area contributed by atoms with Crippen molar-refractivity contribution >= 4 is 50.2 Å². The summed E-state index contributed by atoms with van der Waals surface area (Å²) in [6, 6.07) is 5.57. The summed E-state index contributed by atoms with van der Waals surface area (Å²) in [5.41, 5.74) is 0.831. The lowest BCUT2D eigenvalue weighted by molar-refractivity contribution is -0.113.